The summed E-state index contributed by atoms with van der Waals surface area (Å²) in [4.78, 5) is 19.3. The van der Waals surface area contributed by atoms with Gasteiger partial charge in [0.25, 0.3) is 5.91 Å². The van der Waals surface area contributed by atoms with E-state index in [0.717, 1.165) is 55.8 Å². The standard InChI is InChI=1S/C16H25N3O/c1-4-9-19(14-7-8-14)16(20)12-10-13(5-2)18-15(11-12)17-6-3/h10-11,14H,4-9H2,1-3H3,(H,17,18). The molecule has 4 nitrogen and oxygen atoms in total. The van der Waals surface area contributed by atoms with E-state index in [2.05, 4.69) is 24.1 Å². The molecule has 1 saturated carbocycles. The summed E-state index contributed by atoms with van der Waals surface area (Å²) >= 11 is 0. The lowest BCUT2D eigenvalue weighted by atomic mass is 10.1. The van der Waals surface area contributed by atoms with Crippen LogP contribution in [0.1, 0.15) is 56.1 Å². The average Bonchev–Trinajstić information content (AvgIpc) is 3.28. The zero-order valence-electron chi connectivity index (χ0n) is 12.8. The largest absolute Gasteiger partial charge is 0.370 e. The Morgan fingerprint density at radius 3 is 2.65 bits per heavy atom. The molecular formula is C16H25N3O. The van der Waals surface area contributed by atoms with E-state index >= 15 is 0 Å². The number of carbonyl (C=O) groups excluding carboxylic acids is 1. The number of aryl methyl sites for hydroxylation is 1. The number of anilines is 1. The minimum absolute atomic E-state index is 0.158. The predicted octanol–water partition coefficient (Wildman–Crippen LogP) is 3.09. The van der Waals surface area contributed by atoms with Crippen LogP contribution >= 0.6 is 0 Å². The van der Waals surface area contributed by atoms with E-state index in [1.54, 1.807) is 0 Å². The normalized spacial score (nSPS) is 14.2. The van der Waals surface area contributed by atoms with Crippen LogP contribution in [-0.4, -0.2) is 34.9 Å². The maximum absolute atomic E-state index is 12.7. The third-order valence-corrected chi connectivity index (χ3v) is 3.56. The molecule has 1 aromatic heterocycles. The maximum Gasteiger partial charge on any atom is 0.254 e. The van der Waals surface area contributed by atoms with Crippen LogP contribution in [0, 0.1) is 0 Å². The molecule has 0 bridgehead atoms. The van der Waals surface area contributed by atoms with Crippen molar-refractivity contribution in [1.82, 2.24) is 9.88 Å². The number of rotatable bonds is 7. The lowest BCUT2D eigenvalue weighted by Crippen LogP contribution is -2.34. The van der Waals surface area contributed by atoms with Crippen molar-refractivity contribution < 1.29 is 4.79 Å². The first-order chi connectivity index (χ1) is 9.69. The smallest absolute Gasteiger partial charge is 0.254 e. The van der Waals surface area contributed by atoms with Crippen LogP contribution in [0.15, 0.2) is 12.1 Å². The number of carbonyl (C=O) groups is 1. The van der Waals surface area contributed by atoms with E-state index in [9.17, 15) is 4.79 Å². The minimum atomic E-state index is 0.158. The molecule has 2 rings (SSSR count). The van der Waals surface area contributed by atoms with Crippen molar-refractivity contribution >= 4 is 11.7 Å². The fourth-order valence-electron chi connectivity index (χ4n) is 2.41. The average molecular weight is 275 g/mol. The van der Waals surface area contributed by atoms with Crippen LogP contribution in [-0.2, 0) is 6.42 Å². The number of nitrogens with zero attached hydrogens (tertiary/aromatic N) is 2. The number of hydrogen-bond acceptors (Lipinski definition) is 3. The zero-order chi connectivity index (χ0) is 14.5. The highest BCUT2D eigenvalue weighted by molar-refractivity contribution is 5.95. The molecule has 1 fully saturated rings. The molecule has 1 amide bonds. The van der Waals surface area contributed by atoms with E-state index < -0.39 is 0 Å². The van der Waals surface area contributed by atoms with Gasteiger partial charge in [0.2, 0.25) is 0 Å². The van der Waals surface area contributed by atoms with Gasteiger partial charge in [-0.2, -0.15) is 0 Å². The van der Waals surface area contributed by atoms with Gasteiger partial charge in [-0.3, -0.25) is 4.79 Å². The summed E-state index contributed by atoms with van der Waals surface area (Å²) in [6.07, 6.45) is 4.15. The summed E-state index contributed by atoms with van der Waals surface area (Å²) in [6.45, 7) is 7.89. The first-order valence-electron chi connectivity index (χ1n) is 7.75. The molecule has 0 unspecified atom stereocenters. The van der Waals surface area contributed by atoms with Crippen LogP contribution in [0.5, 0.6) is 0 Å². The third kappa shape index (κ3) is 3.50. The topological polar surface area (TPSA) is 45.2 Å². The number of nitrogens with one attached hydrogen (secondary N) is 1. The van der Waals surface area contributed by atoms with E-state index in [0.29, 0.717) is 6.04 Å². The van der Waals surface area contributed by atoms with Crippen molar-refractivity contribution in [2.75, 3.05) is 18.4 Å². The molecule has 1 heterocycles. The van der Waals surface area contributed by atoms with Crippen LogP contribution in [0.4, 0.5) is 5.82 Å². The van der Waals surface area contributed by atoms with Crippen LogP contribution in [0.25, 0.3) is 0 Å². The second kappa shape index (κ2) is 6.73. The lowest BCUT2D eigenvalue weighted by molar-refractivity contribution is 0.0743. The van der Waals surface area contributed by atoms with Crippen molar-refractivity contribution in [1.29, 1.82) is 0 Å². The maximum atomic E-state index is 12.7. The number of pyridine rings is 1. The Morgan fingerprint density at radius 1 is 1.35 bits per heavy atom. The van der Waals surface area contributed by atoms with E-state index in [1.165, 1.54) is 0 Å². The van der Waals surface area contributed by atoms with Gasteiger partial charge in [-0.15, -0.1) is 0 Å². The molecule has 1 aliphatic rings. The Morgan fingerprint density at radius 2 is 2.10 bits per heavy atom. The first kappa shape index (κ1) is 14.8. The van der Waals surface area contributed by atoms with E-state index in [4.69, 9.17) is 0 Å². The highest BCUT2D eigenvalue weighted by Crippen LogP contribution is 2.28. The molecule has 20 heavy (non-hydrogen) atoms. The van der Waals surface area contributed by atoms with Crippen LogP contribution < -0.4 is 5.32 Å². The quantitative estimate of drug-likeness (QED) is 0.831. The summed E-state index contributed by atoms with van der Waals surface area (Å²) in [7, 11) is 0. The summed E-state index contributed by atoms with van der Waals surface area (Å²) in [5.41, 5.74) is 1.74. The van der Waals surface area contributed by atoms with Gasteiger partial charge >= 0.3 is 0 Å². The Kier molecular flexibility index (Phi) is 4.99. The molecule has 110 valence electrons. The molecule has 0 saturated heterocycles. The number of hydrogen-bond donors (Lipinski definition) is 1. The lowest BCUT2D eigenvalue weighted by Gasteiger charge is -2.22. The molecule has 0 spiro atoms. The number of amides is 1. The Hall–Kier alpha value is -1.58. The second-order valence-corrected chi connectivity index (χ2v) is 5.35. The second-order valence-electron chi connectivity index (χ2n) is 5.35. The van der Waals surface area contributed by atoms with Crippen LogP contribution in [0.2, 0.25) is 0 Å². The van der Waals surface area contributed by atoms with Gasteiger partial charge in [-0.1, -0.05) is 13.8 Å². The Balaban J connectivity index is 2.24. The zero-order valence-corrected chi connectivity index (χ0v) is 12.8. The summed E-state index contributed by atoms with van der Waals surface area (Å²) in [5.74, 6) is 0.966. The van der Waals surface area contributed by atoms with Crippen LogP contribution in [0.3, 0.4) is 0 Å². The van der Waals surface area contributed by atoms with Crippen molar-refractivity contribution in [2.45, 2.75) is 52.5 Å². The van der Waals surface area contributed by atoms with Crippen molar-refractivity contribution in [3.63, 3.8) is 0 Å². The monoisotopic (exact) mass is 275 g/mol. The number of aromatic nitrogens is 1. The van der Waals surface area contributed by atoms with Gasteiger partial charge in [0.05, 0.1) is 0 Å². The molecule has 0 atom stereocenters. The molecule has 1 aromatic rings. The van der Waals surface area contributed by atoms with Gasteiger partial charge in [0, 0.05) is 30.4 Å². The molecule has 0 radical (unpaired) electrons. The van der Waals surface area contributed by atoms with Crippen molar-refractivity contribution in [3.05, 3.63) is 23.4 Å². The molecule has 0 aromatic carbocycles. The summed E-state index contributed by atoms with van der Waals surface area (Å²) < 4.78 is 0. The molecule has 1 aliphatic carbocycles. The third-order valence-electron chi connectivity index (χ3n) is 3.56. The van der Waals surface area contributed by atoms with Gasteiger partial charge in [-0.25, -0.2) is 4.98 Å². The summed E-state index contributed by atoms with van der Waals surface area (Å²) in [5, 5.41) is 3.21. The molecule has 4 heteroatoms. The highest BCUT2D eigenvalue weighted by Gasteiger charge is 2.32. The van der Waals surface area contributed by atoms with Gasteiger partial charge in [0.15, 0.2) is 0 Å². The predicted molar refractivity (Wildman–Crippen MR) is 82.1 cm³/mol. The van der Waals surface area contributed by atoms with Gasteiger partial charge in [-0.05, 0) is 44.7 Å². The Bertz CT molecular complexity index is 469. The summed E-state index contributed by atoms with van der Waals surface area (Å²) in [6, 6.07) is 4.29. The molecule has 1 N–H and O–H groups in total. The Labute approximate surface area is 121 Å². The fourth-order valence-corrected chi connectivity index (χ4v) is 2.41. The first-order valence-corrected chi connectivity index (χ1v) is 7.75. The molecular weight excluding hydrogens is 250 g/mol. The van der Waals surface area contributed by atoms with Crippen molar-refractivity contribution in [3.8, 4) is 0 Å². The minimum Gasteiger partial charge on any atom is -0.370 e. The van der Waals surface area contributed by atoms with E-state index in [1.807, 2.05) is 24.0 Å². The van der Waals surface area contributed by atoms with Gasteiger partial charge in [0.1, 0.15) is 5.82 Å². The molecule has 0 aliphatic heterocycles. The highest BCUT2D eigenvalue weighted by atomic mass is 16.2. The van der Waals surface area contributed by atoms with Gasteiger partial charge < -0.3 is 10.2 Å². The van der Waals surface area contributed by atoms with E-state index in [-0.39, 0.29) is 5.91 Å². The van der Waals surface area contributed by atoms with Crippen molar-refractivity contribution in [2.24, 2.45) is 0 Å². The fraction of sp³-hybridized carbons (Fsp3) is 0.625. The SMILES string of the molecule is CCCN(C(=O)c1cc(CC)nc(NCC)c1)C1CC1.